The summed E-state index contributed by atoms with van der Waals surface area (Å²) in [6.07, 6.45) is 2.09. The van der Waals surface area contributed by atoms with E-state index in [0.29, 0.717) is 26.1 Å². The van der Waals surface area contributed by atoms with Gasteiger partial charge in [0.2, 0.25) is 0 Å². The molecule has 4 rings (SSSR count). The third kappa shape index (κ3) is 4.08. The maximum atomic E-state index is 14.3. The summed E-state index contributed by atoms with van der Waals surface area (Å²) in [7, 11) is 1.52. The van der Waals surface area contributed by atoms with Crippen LogP contribution < -0.4 is 5.32 Å². The fourth-order valence-corrected chi connectivity index (χ4v) is 4.95. The first-order chi connectivity index (χ1) is 14.6. The van der Waals surface area contributed by atoms with Gasteiger partial charge in [0.1, 0.15) is 5.82 Å². The molecule has 30 heavy (non-hydrogen) atoms. The third-order valence-electron chi connectivity index (χ3n) is 5.28. The van der Waals surface area contributed by atoms with Crippen LogP contribution in [-0.4, -0.2) is 36.9 Å². The van der Waals surface area contributed by atoms with E-state index in [2.05, 4.69) is 5.32 Å². The number of fused-ring (bicyclic) bond motifs is 1. The van der Waals surface area contributed by atoms with E-state index in [-0.39, 0.29) is 30.8 Å². The van der Waals surface area contributed by atoms with E-state index in [1.165, 1.54) is 24.5 Å². The minimum Gasteiger partial charge on any atom is -0.380 e. The molecule has 5 nitrogen and oxygen atoms in total. The summed E-state index contributed by atoms with van der Waals surface area (Å²) < 4.78 is 20.3. The number of rotatable bonds is 6. The van der Waals surface area contributed by atoms with E-state index < -0.39 is 0 Å². The molecule has 2 aromatic carbocycles. The fourth-order valence-electron chi connectivity index (χ4n) is 3.81. The fraction of sp³-hybridized carbons (Fsp3) is 0.304. The number of carbonyl (C=O) groups excluding carboxylic acids is 2. The van der Waals surface area contributed by atoms with Gasteiger partial charge in [0.25, 0.3) is 11.8 Å². The van der Waals surface area contributed by atoms with Crippen LogP contribution in [0.5, 0.6) is 0 Å². The van der Waals surface area contributed by atoms with E-state index >= 15 is 0 Å². The summed E-state index contributed by atoms with van der Waals surface area (Å²) in [6, 6.07) is 12.2. The van der Waals surface area contributed by atoms with Crippen molar-refractivity contribution < 1.29 is 18.7 Å². The monoisotopic (exact) mass is 426 g/mol. The number of carbonyl (C=O) groups is 2. The van der Waals surface area contributed by atoms with Gasteiger partial charge >= 0.3 is 0 Å². The molecule has 2 heterocycles. The molecule has 0 unspecified atom stereocenters. The normalized spacial score (nSPS) is 13.7. The summed E-state index contributed by atoms with van der Waals surface area (Å²) in [4.78, 5) is 27.8. The predicted octanol–water partition coefficient (Wildman–Crippen LogP) is 4.35. The van der Waals surface area contributed by atoms with Crippen LogP contribution >= 0.6 is 11.3 Å². The average Bonchev–Trinajstić information content (AvgIpc) is 3.41. The van der Waals surface area contributed by atoms with Crippen LogP contribution in [0, 0.1) is 5.82 Å². The van der Waals surface area contributed by atoms with Crippen LogP contribution in [0.4, 0.5) is 4.39 Å². The second-order valence-electron chi connectivity index (χ2n) is 7.34. The zero-order valence-corrected chi connectivity index (χ0v) is 17.6. The Hall–Kier alpha value is -2.77. The van der Waals surface area contributed by atoms with Gasteiger partial charge in [-0.05, 0) is 42.7 Å². The van der Waals surface area contributed by atoms with Crippen molar-refractivity contribution in [3.63, 3.8) is 0 Å². The van der Waals surface area contributed by atoms with Crippen molar-refractivity contribution in [2.45, 2.75) is 26.0 Å². The lowest BCUT2D eigenvalue weighted by Gasteiger charge is -2.15. The quantitative estimate of drug-likeness (QED) is 0.637. The first-order valence-corrected chi connectivity index (χ1v) is 10.8. The highest BCUT2D eigenvalue weighted by Crippen LogP contribution is 2.33. The van der Waals surface area contributed by atoms with Gasteiger partial charge < -0.3 is 15.0 Å². The summed E-state index contributed by atoms with van der Waals surface area (Å²) in [5, 5.41) is 3.34. The molecule has 1 aliphatic heterocycles. The van der Waals surface area contributed by atoms with Crippen LogP contribution in [0.2, 0.25) is 0 Å². The van der Waals surface area contributed by atoms with E-state index in [1.54, 1.807) is 18.2 Å². The minimum absolute atomic E-state index is 0.0306. The van der Waals surface area contributed by atoms with Gasteiger partial charge in [0.15, 0.2) is 0 Å². The van der Waals surface area contributed by atoms with Crippen molar-refractivity contribution >= 4 is 33.2 Å². The van der Waals surface area contributed by atoms with Crippen LogP contribution in [0.1, 0.15) is 44.0 Å². The molecule has 0 aliphatic carbocycles. The van der Waals surface area contributed by atoms with Gasteiger partial charge in [-0.3, -0.25) is 9.59 Å². The number of methoxy groups -OCH3 is 1. The number of amides is 2. The molecule has 156 valence electrons. The summed E-state index contributed by atoms with van der Waals surface area (Å²) in [5.41, 5.74) is 2.03. The van der Waals surface area contributed by atoms with Gasteiger partial charge in [-0.25, -0.2) is 4.39 Å². The van der Waals surface area contributed by atoms with E-state index in [4.69, 9.17) is 4.74 Å². The summed E-state index contributed by atoms with van der Waals surface area (Å²) in [6.45, 7) is 2.03. The maximum absolute atomic E-state index is 14.3. The Morgan fingerprint density at radius 2 is 1.93 bits per heavy atom. The molecular formula is C23H23FN2O3S. The molecule has 1 N–H and O–H groups in total. The average molecular weight is 427 g/mol. The number of likely N-dealkylation sites (tertiary alicyclic amines) is 1. The Morgan fingerprint density at radius 1 is 1.17 bits per heavy atom. The number of hydrogen-bond acceptors (Lipinski definition) is 4. The number of halogens is 1. The van der Waals surface area contributed by atoms with E-state index in [9.17, 15) is 14.0 Å². The number of thiophene rings is 1. The zero-order chi connectivity index (χ0) is 21.1. The second kappa shape index (κ2) is 8.93. The summed E-state index contributed by atoms with van der Waals surface area (Å²) >= 11 is 1.25. The van der Waals surface area contributed by atoms with Gasteiger partial charge in [-0.2, -0.15) is 0 Å². The molecule has 3 aromatic rings. The van der Waals surface area contributed by atoms with Crippen LogP contribution in [-0.2, 0) is 17.9 Å². The lowest BCUT2D eigenvalue weighted by atomic mass is 10.1. The van der Waals surface area contributed by atoms with Crippen molar-refractivity contribution in [3.8, 4) is 0 Å². The van der Waals surface area contributed by atoms with Gasteiger partial charge in [0.05, 0.1) is 11.5 Å². The Bertz CT molecular complexity index is 1090. The molecule has 1 fully saturated rings. The Kier molecular flexibility index (Phi) is 6.11. The molecule has 0 bridgehead atoms. The van der Waals surface area contributed by atoms with Gasteiger partial charge in [-0.15, -0.1) is 11.3 Å². The van der Waals surface area contributed by atoms with Crippen molar-refractivity contribution in [1.29, 1.82) is 0 Å². The molecule has 0 spiro atoms. The molecule has 1 aliphatic rings. The summed E-state index contributed by atoms with van der Waals surface area (Å²) in [5.74, 6) is -0.607. The van der Waals surface area contributed by atoms with Crippen LogP contribution in [0.25, 0.3) is 10.1 Å². The number of nitrogens with zero attached hydrogens (tertiary/aromatic N) is 1. The largest absolute Gasteiger partial charge is 0.380 e. The zero-order valence-electron chi connectivity index (χ0n) is 16.7. The lowest BCUT2D eigenvalue weighted by Crippen LogP contribution is -2.28. The highest BCUT2D eigenvalue weighted by atomic mass is 32.1. The topological polar surface area (TPSA) is 58.6 Å². The molecule has 0 atom stereocenters. The predicted molar refractivity (Wildman–Crippen MR) is 115 cm³/mol. The number of ether oxygens (including phenoxy) is 1. The second-order valence-corrected chi connectivity index (χ2v) is 8.39. The van der Waals surface area contributed by atoms with Crippen LogP contribution in [0.15, 0.2) is 42.5 Å². The molecule has 7 heteroatoms. The van der Waals surface area contributed by atoms with Crippen molar-refractivity contribution in [2.75, 3.05) is 20.2 Å². The smallest absolute Gasteiger partial charge is 0.262 e. The molecule has 0 radical (unpaired) electrons. The van der Waals surface area contributed by atoms with Crippen molar-refractivity contribution in [1.82, 2.24) is 10.2 Å². The highest BCUT2D eigenvalue weighted by Gasteiger charge is 2.21. The number of hydrogen-bond donors (Lipinski definition) is 1. The molecule has 1 saturated heterocycles. The lowest BCUT2D eigenvalue weighted by molar-refractivity contribution is 0.0792. The van der Waals surface area contributed by atoms with E-state index in [1.807, 2.05) is 23.1 Å². The standard InChI is InChI=1S/C23H23FN2O3S/c1-29-14-17-20-18(24)8-5-9-19(20)30-21(17)22(27)25-13-15-6-4-7-16(12-15)23(28)26-10-2-3-11-26/h4-9,12H,2-3,10-11,13-14H2,1H3,(H,25,27). The number of nitrogens with one attached hydrogen (secondary N) is 1. The Labute approximate surface area is 178 Å². The van der Waals surface area contributed by atoms with Crippen molar-refractivity contribution in [2.24, 2.45) is 0 Å². The maximum Gasteiger partial charge on any atom is 0.262 e. The SMILES string of the molecule is COCc1c(C(=O)NCc2cccc(C(=O)N3CCCC3)c2)sc2cccc(F)c12. The minimum atomic E-state index is -0.358. The molecule has 1 aromatic heterocycles. The Balaban J connectivity index is 1.51. The first-order valence-electron chi connectivity index (χ1n) is 9.93. The first kappa shape index (κ1) is 20.5. The van der Waals surface area contributed by atoms with Crippen molar-refractivity contribution in [3.05, 3.63) is 69.8 Å². The molecule has 2 amide bonds. The molecular weight excluding hydrogens is 403 g/mol. The van der Waals surface area contributed by atoms with E-state index in [0.717, 1.165) is 31.5 Å². The Morgan fingerprint density at radius 3 is 2.70 bits per heavy atom. The number of benzene rings is 2. The highest BCUT2D eigenvalue weighted by molar-refractivity contribution is 7.21. The van der Waals surface area contributed by atoms with Gasteiger partial charge in [-0.1, -0.05) is 18.2 Å². The third-order valence-corrected chi connectivity index (χ3v) is 6.47. The molecule has 0 saturated carbocycles. The van der Waals surface area contributed by atoms with Gasteiger partial charge in [0, 0.05) is 48.0 Å². The van der Waals surface area contributed by atoms with Crippen LogP contribution in [0.3, 0.4) is 0 Å².